The summed E-state index contributed by atoms with van der Waals surface area (Å²) in [5.74, 6) is 1.78. The molecule has 0 spiro atoms. The minimum Gasteiger partial charge on any atom is -0.0843 e. The van der Waals surface area contributed by atoms with Crippen molar-refractivity contribution in [1.29, 1.82) is 0 Å². The summed E-state index contributed by atoms with van der Waals surface area (Å²) in [7, 11) is 0. The lowest BCUT2D eigenvalue weighted by atomic mass is 9.77. The van der Waals surface area contributed by atoms with Crippen LogP contribution in [0.3, 0.4) is 0 Å². The van der Waals surface area contributed by atoms with E-state index >= 15 is 0 Å². The number of halogens is 1. The van der Waals surface area contributed by atoms with Crippen molar-refractivity contribution < 1.29 is 0 Å². The third-order valence-corrected chi connectivity index (χ3v) is 4.91. The molecule has 106 valence electrons. The molecule has 0 amide bonds. The van der Waals surface area contributed by atoms with Crippen molar-refractivity contribution in [2.24, 2.45) is 5.92 Å². The Morgan fingerprint density at radius 1 is 0.947 bits per heavy atom. The van der Waals surface area contributed by atoms with Gasteiger partial charge in [-0.2, -0.15) is 0 Å². The van der Waals surface area contributed by atoms with Gasteiger partial charge in [-0.3, -0.25) is 0 Å². The summed E-state index contributed by atoms with van der Waals surface area (Å²) < 4.78 is 0. The molecule has 0 saturated heterocycles. The molecule has 1 aromatic carbocycles. The first kappa shape index (κ1) is 14.9. The van der Waals surface area contributed by atoms with Crippen LogP contribution in [-0.2, 0) is 0 Å². The van der Waals surface area contributed by atoms with E-state index in [0.29, 0.717) is 0 Å². The molecule has 0 aliphatic heterocycles. The lowest BCUT2D eigenvalue weighted by Crippen LogP contribution is -2.13. The highest BCUT2D eigenvalue weighted by atomic mass is 35.5. The van der Waals surface area contributed by atoms with Crippen LogP contribution in [-0.4, -0.2) is 0 Å². The van der Waals surface area contributed by atoms with Gasteiger partial charge in [-0.25, -0.2) is 0 Å². The van der Waals surface area contributed by atoms with Gasteiger partial charge in [0, 0.05) is 5.02 Å². The van der Waals surface area contributed by atoms with Gasteiger partial charge in [-0.1, -0.05) is 62.8 Å². The summed E-state index contributed by atoms with van der Waals surface area (Å²) in [5, 5.41) is 0.855. The maximum Gasteiger partial charge on any atom is 0.0406 e. The molecule has 0 aromatic heterocycles. The molecule has 1 saturated carbocycles. The standard InChI is InChI=1S/C18H27Cl/c1-2-3-4-5-6-15-7-9-16(10-8-15)17-11-13-18(19)14-12-17/h11-16H,2-10H2,1H3. The highest BCUT2D eigenvalue weighted by Gasteiger charge is 2.21. The van der Waals surface area contributed by atoms with E-state index < -0.39 is 0 Å². The quantitative estimate of drug-likeness (QED) is 0.515. The minimum absolute atomic E-state index is 0.782. The van der Waals surface area contributed by atoms with Crippen molar-refractivity contribution in [3.05, 3.63) is 34.9 Å². The average Bonchev–Trinajstić information content (AvgIpc) is 2.45. The van der Waals surface area contributed by atoms with Gasteiger partial charge in [0.25, 0.3) is 0 Å². The maximum absolute atomic E-state index is 5.96. The lowest BCUT2D eigenvalue weighted by molar-refractivity contribution is 0.302. The Labute approximate surface area is 123 Å². The van der Waals surface area contributed by atoms with E-state index in [2.05, 4.69) is 19.1 Å². The molecule has 1 heteroatoms. The number of hydrogen-bond donors (Lipinski definition) is 0. The Hall–Kier alpha value is -0.490. The van der Waals surface area contributed by atoms with Crippen molar-refractivity contribution >= 4 is 11.6 Å². The predicted molar refractivity (Wildman–Crippen MR) is 84.9 cm³/mol. The molecule has 0 bridgehead atoms. The zero-order valence-corrected chi connectivity index (χ0v) is 13.0. The van der Waals surface area contributed by atoms with E-state index in [-0.39, 0.29) is 0 Å². The number of benzene rings is 1. The molecule has 0 radical (unpaired) electrons. The van der Waals surface area contributed by atoms with Crippen molar-refractivity contribution in [3.8, 4) is 0 Å². The SMILES string of the molecule is CCCCCCC1CCC(c2ccc(Cl)cc2)CC1. The summed E-state index contributed by atoms with van der Waals surface area (Å²) in [6.45, 7) is 2.29. The van der Waals surface area contributed by atoms with Crippen LogP contribution < -0.4 is 0 Å². The molecule has 1 aliphatic carbocycles. The molecule has 0 atom stereocenters. The summed E-state index contributed by atoms with van der Waals surface area (Å²) in [4.78, 5) is 0. The summed E-state index contributed by atoms with van der Waals surface area (Å²) in [6, 6.07) is 8.50. The number of hydrogen-bond acceptors (Lipinski definition) is 0. The fourth-order valence-corrected chi connectivity index (χ4v) is 3.51. The smallest absolute Gasteiger partial charge is 0.0406 e. The second-order valence-electron chi connectivity index (χ2n) is 6.12. The van der Waals surface area contributed by atoms with Crippen LogP contribution in [0.5, 0.6) is 0 Å². The van der Waals surface area contributed by atoms with E-state index in [9.17, 15) is 0 Å². The maximum atomic E-state index is 5.96. The third-order valence-electron chi connectivity index (χ3n) is 4.65. The van der Waals surface area contributed by atoms with Gasteiger partial charge in [0.15, 0.2) is 0 Å². The monoisotopic (exact) mass is 278 g/mol. The molecule has 0 N–H and O–H groups in total. The van der Waals surface area contributed by atoms with Gasteiger partial charge >= 0.3 is 0 Å². The molecular formula is C18H27Cl. The van der Waals surface area contributed by atoms with E-state index in [1.165, 1.54) is 63.4 Å². The normalized spacial score (nSPS) is 23.5. The Kier molecular flexibility index (Phi) is 6.23. The van der Waals surface area contributed by atoms with Crippen LogP contribution in [0.4, 0.5) is 0 Å². The highest BCUT2D eigenvalue weighted by Crippen LogP contribution is 2.37. The van der Waals surface area contributed by atoms with Gasteiger partial charge < -0.3 is 0 Å². The predicted octanol–water partition coefficient (Wildman–Crippen LogP) is 6.58. The largest absolute Gasteiger partial charge is 0.0843 e. The van der Waals surface area contributed by atoms with E-state index in [0.717, 1.165) is 16.9 Å². The molecule has 2 rings (SSSR count). The van der Waals surface area contributed by atoms with Gasteiger partial charge in [0.05, 0.1) is 0 Å². The van der Waals surface area contributed by atoms with Crippen LogP contribution >= 0.6 is 11.6 Å². The third kappa shape index (κ3) is 4.84. The van der Waals surface area contributed by atoms with E-state index in [1.54, 1.807) is 0 Å². The molecule has 0 unspecified atom stereocenters. The average molecular weight is 279 g/mol. The summed E-state index contributed by atoms with van der Waals surface area (Å²) in [6.07, 6.45) is 12.7. The van der Waals surface area contributed by atoms with Gasteiger partial charge in [0.2, 0.25) is 0 Å². The highest BCUT2D eigenvalue weighted by molar-refractivity contribution is 6.30. The molecule has 19 heavy (non-hydrogen) atoms. The van der Waals surface area contributed by atoms with Crippen LogP contribution in [0.1, 0.15) is 76.2 Å². The zero-order chi connectivity index (χ0) is 13.5. The van der Waals surface area contributed by atoms with Crippen molar-refractivity contribution in [2.45, 2.75) is 70.6 Å². The second kappa shape index (κ2) is 7.94. The molecule has 1 aromatic rings. The fraction of sp³-hybridized carbons (Fsp3) is 0.667. The molecule has 0 heterocycles. The van der Waals surface area contributed by atoms with E-state index in [4.69, 9.17) is 11.6 Å². The minimum atomic E-state index is 0.782. The van der Waals surface area contributed by atoms with Crippen LogP contribution in [0.25, 0.3) is 0 Å². The number of rotatable bonds is 6. The summed E-state index contributed by atoms with van der Waals surface area (Å²) in [5.41, 5.74) is 1.49. The molecular weight excluding hydrogens is 252 g/mol. The Bertz CT molecular complexity index is 346. The fourth-order valence-electron chi connectivity index (χ4n) is 3.38. The molecule has 1 aliphatic rings. The Morgan fingerprint density at radius 3 is 2.26 bits per heavy atom. The Morgan fingerprint density at radius 2 is 1.63 bits per heavy atom. The Balaban J connectivity index is 1.71. The topological polar surface area (TPSA) is 0 Å². The van der Waals surface area contributed by atoms with Crippen molar-refractivity contribution in [2.75, 3.05) is 0 Å². The lowest BCUT2D eigenvalue weighted by Gasteiger charge is -2.29. The van der Waals surface area contributed by atoms with Crippen molar-refractivity contribution in [3.63, 3.8) is 0 Å². The van der Waals surface area contributed by atoms with Crippen LogP contribution in [0, 0.1) is 5.92 Å². The first-order valence-electron chi connectivity index (χ1n) is 8.05. The van der Waals surface area contributed by atoms with Crippen LogP contribution in [0.2, 0.25) is 5.02 Å². The summed E-state index contributed by atoms with van der Waals surface area (Å²) >= 11 is 5.96. The second-order valence-corrected chi connectivity index (χ2v) is 6.55. The van der Waals surface area contributed by atoms with Gasteiger partial charge in [-0.05, 0) is 55.2 Å². The van der Waals surface area contributed by atoms with Crippen LogP contribution in [0.15, 0.2) is 24.3 Å². The first-order chi connectivity index (χ1) is 9.29. The van der Waals surface area contributed by atoms with Gasteiger partial charge in [0.1, 0.15) is 0 Å². The molecule has 1 fully saturated rings. The zero-order valence-electron chi connectivity index (χ0n) is 12.2. The molecule has 0 nitrogen and oxygen atoms in total. The number of unbranched alkanes of at least 4 members (excludes halogenated alkanes) is 3. The van der Waals surface area contributed by atoms with E-state index in [1.807, 2.05) is 12.1 Å². The van der Waals surface area contributed by atoms with Crippen molar-refractivity contribution in [1.82, 2.24) is 0 Å². The van der Waals surface area contributed by atoms with Gasteiger partial charge in [-0.15, -0.1) is 0 Å². The first-order valence-corrected chi connectivity index (χ1v) is 8.43.